The Balaban J connectivity index is 2.98. The lowest BCUT2D eigenvalue weighted by Gasteiger charge is -1.83. The van der Waals surface area contributed by atoms with E-state index in [9.17, 15) is 4.79 Å². The fourth-order valence-corrected chi connectivity index (χ4v) is 0.624. The van der Waals surface area contributed by atoms with Gasteiger partial charge < -0.3 is 4.42 Å². The number of hydrogen-bond donors (Lipinski definition) is 0. The molecule has 9 heavy (non-hydrogen) atoms. The first-order valence-electron chi connectivity index (χ1n) is 2.77. The van der Waals surface area contributed by atoms with E-state index in [2.05, 4.69) is 0 Å². The summed E-state index contributed by atoms with van der Waals surface area (Å²) < 4.78 is 5.00. The molecule has 0 N–H and O–H groups in total. The average molecular weight is 122 g/mol. The molecule has 0 saturated heterocycles. The van der Waals surface area contributed by atoms with Gasteiger partial charge in [0.2, 0.25) is 0 Å². The molecule has 1 aromatic rings. The molecule has 0 spiro atoms. The van der Waals surface area contributed by atoms with Gasteiger partial charge in [-0.05, 0) is 12.1 Å². The van der Waals surface area contributed by atoms with Crippen LogP contribution in [-0.4, -0.2) is 13.6 Å². The van der Waals surface area contributed by atoms with E-state index in [1.165, 1.54) is 6.92 Å². The number of furan rings is 1. The third kappa shape index (κ3) is 1.22. The minimum atomic E-state index is -0.0249. The Kier molecular flexibility index (Phi) is 1.43. The van der Waals surface area contributed by atoms with Crippen molar-refractivity contribution in [1.82, 2.24) is 0 Å². The van der Waals surface area contributed by atoms with Crippen LogP contribution in [0.4, 0.5) is 0 Å². The Labute approximate surface area is 54.3 Å². The van der Waals surface area contributed by atoms with Crippen molar-refractivity contribution in [2.45, 2.75) is 6.92 Å². The third-order valence-corrected chi connectivity index (χ3v) is 1.09. The van der Waals surface area contributed by atoms with Gasteiger partial charge in [0.25, 0.3) is 0 Å². The molecule has 0 aliphatic heterocycles. The maximum atomic E-state index is 10.6. The van der Waals surface area contributed by atoms with Crippen molar-refractivity contribution < 1.29 is 9.21 Å². The number of ketones is 1. The summed E-state index contributed by atoms with van der Waals surface area (Å²) in [7, 11) is 1.81. The first kappa shape index (κ1) is 6.14. The van der Waals surface area contributed by atoms with Crippen molar-refractivity contribution in [2.75, 3.05) is 0 Å². The second-order valence-corrected chi connectivity index (χ2v) is 1.97. The Hall–Kier alpha value is -0.985. The minimum absolute atomic E-state index is 0.0249. The average Bonchev–Trinajstić information content (AvgIpc) is 2.14. The number of carbonyl (C=O) groups is 1. The first-order valence-corrected chi connectivity index (χ1v) is 2.77. The van der Waals surface area contributed by atoms with Gasteiger partial charge in [0.05, 0.1) is 5.66 Å². The van der Waals surface area contributed by atoms with Crippen molar-refractivity contribution in [1.29, 1.82) is 0 Å². The van der Waals surface area contributed by atoms with Gasteiger partial charge in [0, 0.05) is 6.92 Å². The van der Waals surface area contributed by atoms with E-state index in [1.54, 1.807) is 12.1 Å². The van der Waals surface area contributed by atoms with E-state index in [4.69, 9.17) is 4.42 Å². The summed E-state index contributed by atoms with van der Waals surface area (Å²) in [5.41, 5.74) is 0.778. The molecule has 0 aromatic carbocycles. The van der Waals surface area contributed by atoms with Crippen molar-refractivity contribution in [3.8, 4) is 0 Å². The van der Waals surface area contributed by atoms with Crippen molar-refractivity contribution >= 4 is 19.3 Å². The molecule has 0 aliphatic rings. The fraction of sp³-hybridized carbons (Fsp3) is 0.167. The van der Waals surface area contributed by atoms with Crippen LogP contribution in [-0.2, 0) is 0 Å². The molecule has 0 fully saturated rings. The van der Waals surface area contributed by atoms with Crippen LogP contribution < -0.4 is 5.66 Å². The summed E-state index contributed by atoms with van der Waals surface area (Å²) in [6, 6.07) is 3.45. The topological polar surface area (TPSA) is 30.2 Å². The van der Waals surface area contributed by atoms with Gasteiger partial charge in [-0.1, -0.05) is 0 Å². The molecule has 0 amide bonds. The fourth-order valence-electron chi connectivity index (χ4n) is 0.624. The van der Waals surface area contributed by atoms with Crippen LogP contribution in [0, 0.1) is 0 Å². The van der Waals surface area contributed by atoms with Gasteiger partial charge >= 0.3 is 0 Å². The van der Waals surface area contributed by atoms with Crippen LogP contribution in [0.3, 0.4) is 0 Å². The monoisotopic (exact) mass is 122 g/mol. The van der Waals surface area contributed by atoms with Crippen LogP contribution in [0.2, 0.25) is 0 Å². The van der Waals surface area contributed by atoms with E-state index in [0.717, 1.165) is 5.66 Å². The van der Waals surface area contributed by atoms with E-state index in [-0.39, 0.29) is 5.78 Å². The number of rotatable bonds is 1. The molecule has 3 heteroatoms. The molecule has 0 unspecified atom stereocenters. The van der Waals surface area contributed by atoms with Crippen LogP contribution >= 0.6 is 0 Å². The van der Waals surface area contributed by atoms with Crippen LogP contribution in [0.15, 0.2) is 16.5 Å². The smallest absolute Gasteiger partial charge is 0.194 e. The SMILES string of the molecule is Bc1ccc(C(C)=O)o1. The number of hydrogen-bond acceptors (Lipinski definition) is 2. The summed E-state index contributed by atoms with van der Waals surface area (Å²) in [6.45, 7) is 1.48. The van der Waals surface area contributed by atoms with Crippen molar-refractivity contribution in [3.63, 3.8) is 0 Å². The van der Waals surface area contributed by atoms with Gasteiger partial charge in [-0.3, -0.25) is 4.79 Å². The zero-order valence-electron chi connectivity index (χ0n) is 5.47. The van der Waals surface area contributed by atoms with E-state index < -0.39 is 0 Å². The van der Waals surface area contributed by atoms with Crippen LogP contribution in [0.25, 0.3) is 0 Å². The largest absolute Gasteiger partial charge is 0.469 e. The summed E-state index contributed by atoms with van der Waals surface area (Å²) in [5.74, 6) is 0.413. The molecular weight excluding hydrogens is 115 g/mol. The minimum Gasteiger partial charge on any atom is -0.469 e. The number of carbonyl (C=O) groups excluding carboxylic acids is 1. The zero-order valence-corrected chi connectivity index (χ0v) is 5.47. The summed E-state index contributed by atoms with van der Waals surface area (Å²) in [5, 5.41) is 0. The quantitative estimate of drug-likeness (QED) is 0.379. The van der Waals surface area contributed by atoms with Crippen LogP contribution in [0.1, 0.15) is 17.5 Å². The lowest BCUT2D eigenvalue weighted by Crippen LogP contribution is -1.95. The van der Waals surface area contributed by atoms with E-state index >= 15 is 0 Å². The lowest BCUT2D eigenvalue weighted by molar-refractivity contribution is 0.0989. The van der Waals surface area contributed by atoms with Gasteiger partial charge in [0.1, 0.15) is 0 Å². The molecule has 46 valence electrons. The highest BCUT2D eigenvalue weighted by Gasteiger charge is 2.01. The van der Waals surface area contributed by atoms with Crippen molar-refractivity contribution in [2.24, 2.45) is 0 Å². The summed E-state index contributed by atoms with van der Waals surface area (Å²) in [4.78, 5) is 10.6. The third-order valence-electron chi connectivity index (χ3n) is 1.09. The van der Waals surface area contributed by atoms with E-state index in [0.29, 0.717) is 5.76 Å². The van der Waals surface area contributed by atoms with Gasteiger partial charge in [0.15, 0.2) is 19.4 Å². The Morgan fingerprint density at radius 2 is 2.33 bits per heavy atom. The Bertz CT molecular complexity index is 227. The zero-order chi connectivity index (χ0) is 6.85. The second-order valence-electron chi connectivity index (χ2n) is 1.97. The molecule has 0 radical (unpaired) electrons. The Morgan fingerprint density at radius 3 is 2.56 bits per heavy atom. The highest BCUT2D eigenvalue weighted by atomic mass is 16.3. The molecule has 2 nitrogen and oxygen atoms in total. The highest BCUT2D eigenvalue weighted by molar-refractivity contribution is 6.30. The normalized spacial score (nSPS) is 9.44. The molecule has 0 atom stereocenters. The van der Waals surface area contributed by atoms with Crippen molar-refractivity contribution in [3.05, 3.63) is 17.9 Å². The van der Waals surface area contributed by atoms with E-state index in [1.807, 2.05) is 7.85 Å². The molecular formula is C6H7BO2. The van der Waals surface area contributed by atoms with Crippen LogP contribution in [0.5, 0.6) is 0 Å². The number of Topliss-reactive ketones (excluding diaryl/α,β-unsaturated/α-hetero) is 1. The van der Waals surface area contributed by atoms with Gasteiger partial charge in [-0.15, -0.1) is 0 Å². The predicted octanol–water partition coefficient (Wildman–Crippen LogP) is -0.259. The Morgan fingerprint density at radius 1 is 1.67 bits per heavy atom. The molecule has 0 aliphatic carbocycles. The maximum Gasteiger partial charge on any atom is 0.194 e. The molecule has 1 aromatic heterocycles. The lowest BCUT2D eigenvalue weighted by atomic mass is 10.1. The molecule has 1 rings (SSSR count). The second kappa shape index (κ2) is 2.09. The van der Waals surface area contributed by atoms with Gasteiger partial charge in [-0.2, -0.15) is 0 Å². The molecule has 0 saturated carbocycles. The predicted molar refractivity (Wildman–Crippen MR) is 36.9 cm³/mol. The highest BCUT2D eigenvalue weighted by Crippen LogP contribution is 1.96. The summed E-state index contributed by atoms with van der Waals surface area (Å²) in [6.07, 6.45) is 0. The molecule has 0 bridgehead atoms. The summed E-state index contributed by atoms with van der Waals surface area (Å²) >= 11 is 0. The first-order chi connectivity index (χ1) is 4.20. The maximum absolute atomic E-state index is 10.6. The van der Waals surface area contributed by atoms with Gasteiger partial charge in [-0.25, -0.2) is 0 Å². The molecule has 1 heterocycles. The standard InChI is InChI=1S/C6H7BO2/c1-4(8)5-2-3-6(7)9-5/h2-3H,7H2,1H3.